The molecule has 20 heavy (non-hydrogen) atoms. The molecule has 1 aromatic rings. The summed E-state index contributed by atoms with van der Waals surface area (Å²) in [7, 11) is -2.42. The number of hydrogen-bond acceptors (Lipinski definition) is 4. The third kappa shape index (κ3) is 2.73. The maximum Gasteiger partial charge on any atom is 0.340 e. The number of hydrogen-bond donors (Lipinski definition) is 1. The number of nitrogens with zero attached hydrogens (tertiary/aromatic N) is 1. The van der Waals surface area contributed by atoms with Crippen LogP contribution in [0.4, 0.5) is 0 Å². The van der Waals surface area contributed by atoms with Crippen LogP contribution >= 0.6 is 0 Å². The molecule has 0 fully saturated rings. The third-order valence-corrected chi connectivity index (χ3v) is 5.58. The van der Waals surface area contributed by atoms with Crippen molar-refractivity contribution in [2.45, 2.75) is 51.5 Å². The lowest BCUT2D eigenvalue weighted by atomic mass is 10.2. The lowest BCUT2D eigenvalue weighted by molar-refractivity contribution is 0.0691. The van der Waals surface area contributed by atoms with Gasteiger partial charge in [-0.2, -0.15) is 4.31 Å². The Balaban J connectivity index is 3.47. The van der Waals surface area contributed by atoms with Crippen LogP contribution < -0.4 is 0 Å². The van der Waals surface area contributed by atoms with Crippen molar-refractivity contribution in [2.24, 2.45) is 0 Å². The molecule has 1 N–H and O–H groups in total. The van der Waals surface area contributed by atoms with Crippen molar-refractivity contribution >= 4 is 16.0 Å². The van der Waals surface area contributed by atoms with E-state index in [2.05, 4.69) is 0 Å². The second kappa shape index (κ2) is 5.97. The summed E-state index contributed by atoms with van der Waals surface area (Å²) in [6, 6.07) is -0.170. The highest BCUT2D eigenvalue weighted by Crippen LogP contribution is 2.30. The molecule has 0 radical (unpaired) electrons. The Kier molecular flexibility index (Phi) is 4.99. The van der Waals surface area contributed by atoms with Crippen LogP contribution in [0.15, 0.2) is 9.31 Å². The van der Waals surface area contributed by atoms with Crippen LogP contribution in [0.5, 0.6) is 0 Å². The second-order valence-corrected chi connectivity index (χ2v) is 6.65. The first kappa shape index (κ1) is 16.7. The molecule has 114 valence electrons. The van der Waals surface area contributed by atoms with E-state index in [1.165, 1.54) is 25.2 Å². The molecule has 0 bridgehead atoms. The number of sulfonamides is 1. The van der Waals surface area contributed by atoms with Crippen LogP contribution in [0.2, 0.25) is 0 Å². The zero-order valence-corrected chi connectivity index (χ0v) is 13.2. The summed E-state index contributed by atoms with van der Waals surface area (Å²) < 4.78 is 31.7. The number of rotatable bonds is 6. The van der Waals surface area contributed by atoms with Gasteiger partial charge >= 0.3 is 5.97 Å². The molecular weight excluding hydrogens is 282 g/mol. The Morgan fingerprint density at radius 2 is 1.75 bits per heavy atom. The first-order chi connectivity index (χ1) is 9.18. The minimum Gasteiger partial charge on any atom is -0.478 e. The highest BCUT2D eigenvalue weighted by molar-refractivity contribution is 7.89. The molecule has 1 heterocycles. The molecule has 0 atom stereocenters. The van der Waals surface area contributed by atoms with Crippen molar-refractivity contribution in [2.75, 3.05) is 7.05 Å². The van der Waals surface area contributed by atoms with E-state index in [4.69, 9.17) is 4.42 Å². The molecule has 0 saturated heterocycles. The highest BCUT2D eigenvalue weighted by Gasteiger charge is 2.35. The van der Waals surface area contributed by atoms with Crippen LogP contribution in [0.3, 0.4) is 0 Å². The molecular formula is C13H21NO5S. The first-order valence-electron chi connectivity index (χ1n) is 6.49. The average molecular weight is 303 g/mol. The van der Waals surface area contributed by atoms with Crippen LogP contribution in [0, 0.1) is 13.8 Å². The Labute approximate surface area is 119 Å². The van der Waals surface area contributed by atoms with Gasteiger partial charge in [0.05, 0.1) is 0 Å². The number of furan rings is 1. The van der Waals surface area contributed by atoms with E-state index in [9.17, 15) is 18.3 Å². The fourth-order valence-electron chi connectivity index (χ4n) is 2.36. The van der Waals surface area contributed by atoms with Crippen molar-refractivity contribution in [1.82, 2.24) is 4.31 Å². The van der Waals surface area contributed by atoms with Gasteiger partial charge in [0.25, 0.3) is 0 Å². The van der Waals surface area contributed by atoms with Crippen molar-refractivity contribution in [3.63, 3.8) is 0 Å². The molecule has 0 unspecified atom stereocenters. The minimum atomic E-state index is -3.89. The van der Waals surface area contributed by atoms with Gasteiger partial charge in [-0.1, -0.05) is 13.8 Å². The maximum absolute atomic E-state index is 12.7. The van der Waals surface area contributed by atoms with E-state index in [0.717, 1.165) is 0 Å². The molecule has 0 aliphatic carbocycles. The van der Waals surface area contributed by atoms with Gasteiger partial charge < -0.3 is 9.52 Å². The summed E-state index contributed by atoms with van der Waals surface area (Å²) >= 11 is 0. The van der Waals surface area contributed by atoms with Crippen LogP contribution in [-0.2, 0) is 10.0 Å². The van der Waals surface area contributed by atoms with Gasteiger partial charge in [-0.05, 0) is 26.7 Å². The summed E-state index contributed by atoms with van der Waals surface area (Å²) in [5.74, 6) is -1.08. The van der Waals surface area contributed by atoms with Crippen molar-refractivity contribution in [3.8, 4) is 0 Å². The molecule has 0 spiro atoms. The average Bonchev–Trinajstić information content (AvgIpc) is 2.66. The monoisotopic (exact) mass is 303 g/mol. The molecule has 0 aromatic carbocycles. The standard InChI is InChI=1S/C13H21NO5S/c1-6-10(7-2)14(5)20(17,18)12-9(4)19-8(3)11(12)13(15)16/h10H,6-7H2,1-5H3,(H,15,16). The van der Waals surface area contributed by atoms with Crippen molar-refractivity contribution < 1.29 is 22.7 Å². The van der Waals surface area contributed by atoms with E-state index < -0.39 is 16.0 Å². The Morgan fingerprint density at radius 3 is 2.15 bits per heavy atom. The molecule has 0 saturated carbocycles. The van der Waals surface area contributed by atoms with Gasteiger partial charge in [-0.25, -0.2) is 13.2 Å². The molecule has 0 aliphatic rings. The minimum absolute atomic E-state index is 0.103. The summed E-state index contributed by atoms with van der Waals surface area (Å²) in [6.07, 6.45) is 1.31. The third-order valence-electron chi connectivity index (χ3n) is 3.51. The van der Waals surface area contributed by atoms with Crippen molar-refractivity contribution in [3.05, 3.63) is 17.1 Å². The topological polar surface area (TPSA) is 87.8 Å². The fraction of sp³-hybridized carbons (Fsp3) is 0.615. The highest BCUT2D eigenvalue weighted by atomic mass is 32.2. The summed E-state index contributed by atoms with van der Waals surface area (Å²) in [6.45, 7) is 6.71. The summed E-state index contributed by atoms with van der Waals surface area (Å²) in [4.78, 5) is 11.1. The van der Waals surface area contributed by atoms with E-state index in [1.807, 2.05) is 13.8 Å². The molecule has 7 heteroatoms. The summed E-state index contributed by atoms with van der Waals surface area (Å²) in [5, 5.41) is 9.21. The van der Waals surface area contributed by atoms with E-state index in [1.54, 1.807) is 0 Å². The number of carboxylic acids is 1. The number of carbonyl (C=O) groups is 1. The first-order valence-corrected chi connectivity index (χ1v) is 7.93. The Hall–Kier alpha value is -1.34. The lowest BCUT2D eigenvalue weighted by Crippen LogP contribution is -2.37. The maximum atomic E-state index is 12.7. The van der Waals surface area contributed by atoms with Crippen LogP contribution in [0.1, 0.15) is 48.6 Å². The van der Waals surface area contributed by atoms with Crippen LogP contribution in [-0.4, -0.2) is 36.9 Å². The normalized spacial score (nSPS) is 12.3. The molecule has 1 aromatic heterocycles. The van der Waals surface area contributed by atoms with E-state index in [0.29, 0.717) is 12.8 Å². The van der Waals surface area contributed by atoms with E-state index in [-0.39, 0.29) is 28.0 Å². The zero-order chi connectivity index (χ0) is 15.7. The number of carboxylic acid groups (broad SMARTS) is 1. The number of aryl methyl sites for hydroxylation is 2. The SMILES string of the molecule is CCC(CC)N(C)S(=O)(=O)c1c(C)oc(C)c1C(=O)O. The van der Waals surface area contributed by atoms with Gasteiger partial charge in [0.15, 0.2) is 0 Å². The molecule has 1 rings (SSSR count). The molecule has 0 aliphatic heterocycles. The van der Waals surface area contributed by atoms with Crippen LogP contribution in [0.25, 0.3) is 0 Å². The molecule has 6 nitrogen and oxygen atoms in total. The predicted molar refractivity (Wildman–Crippen MR) is 74.5 cm³/mol. The Morgan fingerprint density at radius 1 is 1.25 bits per heavy atom. The van der Waals surface area contributed by atoms with Gasteiger partial charge in [0.1, 0.15) is 22.0 Å². The Bertz CT molecular complexity index is 599. The van der Waals surface area contributed by atoms with Gasteiger partial charge in [0.2, 0.25) is 10.0 Å². The quantitative estimate of drug-likeness (QED) is 0.871. The molecule has 0 amide bonds. The zero-order valence-electron chi connectivity index (χ0n) is 12.4. The largest absolute Gasteiger partial charge is 0.478 e. The van der Waals surface area contributed by atoms with Crippen molar-refractivity contribution in [1.29, 1.82) is 0 Å². The predicted octanol–water partition coefficient (Wildman–Crippen LogP) is 2.40. The second-order valence-electron chi connectivity index (χ2n) is 4.72. The van der Waals surface area contributed by atoms with Gasteiger partial charge in [-0.3, -0.25) is 0 Å². The smallest absolute Gasteiger partial charge is 0.340 e. The van der Waals surface area contributed by atoms with Gasteiger partial charge in [0, 0.05) is 13.1 Å². The van der Waals surface area contributed by atoms with E-state index >= 15 is 0 Å². The fourth-order valence-corrected chi connectivity index (χ4v) is 4.24. The summed E-state index contributed by atoms with van der Waals surface area (Å²) in [5.41, 5.74) is -0.277. The number of aromatic carboxylic acids is 1. The van der Waals surface area contributed by atoms with Gasteiger partial charge in [-0.15, -0.1) is 0 Å². The lowest BCUT2D eigenvalue weighted by Gasteiger charge is -2.25.